The summed E-state index contributed by atoms with van der Waals surface area (Å²) in [6.07, 6.45) is 4.42. The molecule has 3 aromatic rings. The number of nitrogens with one attached hydrogen (secondary N) is 2. The number of nitrogens with zero attached hydrogens (tertiary/aromatic N) is 3. The van der Waals surface area contributed by atoms with Gasteiger partial charge in [0.1, 0.15) is 11.6 Å². The molecule has 0 unspecified atom stereocenters. The van der Waals surface area contributed by atoms with Gasteiger partial charge >= 0.3 is 0 Å². The second kappa shape index (κ2) is 7.91. The fraction of sp³-hybridized carbons (Fsp3) is 0.250. The summed E-state index contributed by atoms with van der Waals surface area (Å²) in [5, 5.41) is 6.55. The van der Waals surface area contributed by atoms with Crippen LogP contribution in [-0.4, -0.2) is 21.0 Å². The highest BCUT2D eigenvalue weighted by Gasteiger charge is 2.09. The van der Waals surface area contributed by atoms with E-state index < -0.39 is 0 Å². The number of aromatic nitrogens is 3. The second-order valence-electron chi connectivity index (χ2n) is 6.24. The first-order valence-corrected chi connectivity index (χ1v) is 8.64. The predicted octanol–water partition coefficient (Wildman–Crippen LogP) is 4.94. The minimum Gasteiger partial charge on any atom is -0.352 e. The number of hydrogen-bond acceptors (Lipinski definition) is 5. The van der Waals surface area contributed by atoms with Gasteiger partial charge in [-0.3, -0.25) is 4.98 Å². The summed E-state index contributed by atoms with van der Waals surface area (Å²) in [7, 11) is 0. The third-order valence-electron chi connectivity index (χ3n) is 4.12. The molecule has 1 aromatic carbocycles. The van der Waals surface area contributed by atoms with E-state index in [0.29, 0.717) is 17.3 Å². The van der Waals surface area contributed by atoms with Gasteiger partial charge in [0, 0.05) is 35.8 Å². The van der Waals surface area contributed by atoms with Crippen LogP contribution in [0.15, 0.2) is 48.8 Å². The molecular formula is C20H22FN5. The average molecular weight is 351 g/mol. The first-order valence-electron chi connectivity index (χ1n) is 8.64. The van der Waals surface area contributed by atoms with Gasteiger partial charge in [-0.25, -0.2) is 9.37 Å². The molecule has 26 heavy (non-hydrogen) atoms. The van der Waals surface area contributed by atoms with E-state index in [2.05, 4.69) is 39.4 Å². The van der Waals surface area contributed by atoms with E-state index >= 15 is 0 Å². The summed E-state index contributed by atoms with van der Waals surface area (Å²) in [4.78, 5) is 13.2. The van der Waals surface area contributed by atoms with Crippen molar-refractivity contribution in [2.75, 3.05) is 10.6 Å². The lowest BCUT2D eigenvalue weighted by molar-refractivity contribution is 0.619. The highest BCUT2D eigenvalue weighted by molar-refractivity contribution is 5.67. The Kier molecular flexibility index (Phi) is 5.41. The van der Waals surface area contributed by atoms with Crippen LogP contribution in [0.3, 0.4) is 0 Å². The Morgan fingerprint density at radius 2 is 1.85 bits per heavy atom. The Labute approximate surface area is 152 Å². The minimum atomic E-state index is -0.227. The number of anilines is 3. The molecule has 0 spiro atoms. The van der Waals surface area contributed by atoms with Crippen molar-refractivity contribution >= 4 is 17.5 Å². The highest BCUT2D eigenvalue weighted by Crippen LogP contribution is 2.24. The minimum absolute atomic E-state index is 0.227. The lowest BCUT2D eigenvalue weighted by Gasteiger charge is -2.15. The van der Waals surface area contributed by atoms with Crippen LogP contribution in [0.1, 0.15) is 25.8 Å². The molecule has 2 N–H and O–H groups in total. The topological polar surface area (TPSA) is 62.7 Å². The smallest absolute Gasteiger partial charge is 0.225 e. The van der Waals surface area contributed by atoms with E-state index in [1.165, 1.54) is 6.07 Å². The Hall–Kier alpha value is -3.02. The lowest BCUT2D eigenvalue weighted by atomic mass is 10.2. The van der Waals surface area contributed by atoms with Gasteiger partial charge in [-0.1, -0.05) is 6.92 Å². The molecular weight excluding hydrogens is 329 g/mol. The largest absolute Gasteiger partial charge is 0.352 e. The van der Waals surface area contributed by atoms with Gasteiger partial charge in [-0.05, 0) is 56.2 Å². The van der Waals surface area contributed by atoms with Gasteiger partial charge in [-0.15, -0.1) is 0 Å². The van der Waals surface area contributed by atoms with E-state index in [1.807, 2.05) is 18.2 Å². The van der Waals surface area contributed by atoms with Crippen LogP contribution >= 0.6 is 0 Å². The zero-order valence-electron chi connectivity index (χ0n) is 15.1. The van der Waals surface area contributed by atoms with Crippen LogP contribution in [0.2, 0.25) is 0 Å². The van der Waals surface area contributed by atoms with Gasteiger partial charge in [0.05, 0.1) is 5.69 Å². The Morgan fingerprint density at radius 1 is 1.08 bits per heavy atom. The third-order valence-corrected chi connectivity index (χ3v) is 4.12. The summed E-state index contributed by atoms with van der Waals surface area (Å²) < 4.78 is 13.5. The molecule has 0 aliphatic heterocycles. The molecule has 0 bridgehead atoms. The average Bonchev–Trinajstić information content (AvgIpc) is 2.65. The number of aryl methyl sites for hydroxylation is 1. The SMILES string of the molecule is CC[C@@H](C)Nc1nc(Nc2ccc(F)c(C)c2)cc(-c2ccncc2)n1. The van der Waals surface area contributed by atoms with Gasteiger partial charge in [0.15, 0.2) is 0 Å². The molecule has 6 heteroatoms. The van der Waals surface area contributed by atoms with E-state index in [9.17, 15) is 4.39 Å². The van der Waals surface area contributed by atoms with E-state index in [-0.39, 0.29) is 11.9 Å². The molecule has 5 nitrogen and oxygen atoms in total. The van der Waals surface area contributed by atoms with E-state index in [4.69, 9.17) is 0 Å². The predicted molar refractivity (Wildman–Crippen MR) is 103 cm³/mol. The number of hydrogen-bond donors (Lipinski definition) is 2. The number of benzene rings is 1. The van der Waals surface area contributed by atoms with Crippen LogP contribution < -0.4 is 10.6 Å². The van der Waals surface area contributed by atoms with Gasteiger partial charge in [0.25, 0.3) is 0 Å². The van der Waals surface area contributed by atoms with Crippen molar-refractivity contribution < 1.29 is 4.39 Å². The molecule has 0 saturated heterocycles. The fourth-order valence-corrected chi connectivity index (χ4v) is 2.44. The maximum atomic E-state index is 13.5. The molecule has 1 atom stereocenters. The first kappa shape index (κ1) is 17.8. The molecule has 0 radical (unpaired) electrons. The molecule has 2 aromatic heterocycles. The summed E-state index contributed by atoms with van der Waals surface area (Å²) in [6.45, 7) is 5.92. The fourth-order valence-electron chi connectivity index (χ4n) is 2.44. The molecule has 0 aliphatic carbocycles. The van der Waals surface area contributed by atoms with Crippen LogP contribution in [-0.2, 0) is 0 Å². The molecule has 134 valence electrons. The summed E-state index contributed by atoms with van der Waals surface area (Å²) in [5.74, 6) is 0.966. The maximum absolute atomic E-state index is 13.5. The number of halogens is 1. The van der Waals surface area contributed by atoms with Gasteiger partial charge < -0.3 is 10.6 Å². The molecule has 0 fully saturated rings. The van der Waals surface area contributed by atoms with Crippen LogP contribution in [0.5, 0.6) is 0 Å². The number of pyridine rings is 1. The summed E-state index contributed by atoms with van der Waals surface area (Å²) in [6, 6.07) is 10.8. The molecule has 3 rings (SSSR count). The van der Waals surface area contributed by atoms with Crippen LogP contribution in [0, 0.1) is 12.7 Å². The Bertz CT molecular complexity index is 883. The van der Waals surface area contributed by atoms with Crippen LogP contribution in [0.4, 0.5) is 21.8 Å². The monoisotopic (exact) mass is 351 g/mol. The van der Waals surface area contributed by atoms with Crippen molar-refractivity contribution in [2.45, 2.75) is 33.2 Å². The standard InChI is InChI=1S/C20H22FN5/c1-4-14(3)23-20-25-18(15-7-9-22-10-8-15)12-19(26-20)24-16-5-6-17(21)13(2)11-16/h5-12,14H,4H2,1-3H3,(H2,23,24,25,26)/t14-/m1/s1. The first-order chi connectivity index (χ1) is 12.5. The van der Waals surface area contributed by atoms with E-state index in [1.54, 1.807) is 31.5 Å². The second-order valence-corrected chi connectivity index (χ2v) is 6.24. The molecule has 2 heterocycles. The highest BCUT2D eigenvalue weighted by atomic mass is 19.1. The van der Waals surface area contributed by atoms with E-state index in [0.717, 1.165) is 23.4 Å². The summed E-state index contributed by atoms with van der Waals surface area (Å²) in [5.41, 5.74) is 3.09. The van der Waals surface area contributed by atoms with Crippen molar-refractivity contribution in [2.24, 2.45) is 0 Å². The van der Waals surface area contributed by atoms with Crippen molar-refractivity contribution in [3.63, 3.8) is 0 Å². The lowest BCUT2D eigenvalue weighted by Crippen LogP contribution is -2.16. The summed E-state index contributed by atoms with van der Waals surface area (Å²) >= 11 is 0. The maximum Gasteiger partial charge on any atom is 0.225 e. The van der Waals surface area contributed by atoms with Crippen molar-refractivity contribution in [1.82, 2.24) is 15.0 Å². The third kappa shape index (κ3) is 4.33. The molecule has 0 saturated carbocycles. The van der Waals surface area contributed by atoms with Gasteiger partial charge in [-0.2, -0.15) is 4.98 Å². The van der Waals surface area contributed by atoms with Crippen molar-refractivity contribution in [1.29, 1.82) is 0 Å². The Morgan fingerprint density at radius 3 is 2.54 bits per heavy atom. The number of rotatable bonds is 6. The molecule has 0 aliphatic rings. The van der Waals surface area contributed by atoms with Gasteiger partial charge in [0.2, 0.25) is 5.95 Å². The van der Waals surface area contributed by atoms with Crippen molar-refractivity contribution in [3.05, 3.63) is 60.2 Å². The van der Waals surface area contributed by atoms with Crippen LogP contribution in [0.25, 0.3) is 11.3 Å². The molecule has 0 amide bonds. The Balaban J connectivity index is 1.97. The zero-order chi connectivity index (χ0) is 18.5. The van der Waals surface area contributed by atoms with Crippen molar-refractivity contribution in [3.8, 4) is 11.3 Å². The quantitative estimate of drug-likeness (QED) is 0.658. The normalized spacial score (nSPS) is 11.8. The zero-order valence-corrected chi connectivity index (χ0v) is 15.1.